The molecule has 8 heteroatoms. The van der Waals surface area contributed by atoms with Crippen molar-refractivity contribution in [3.8, 4) is 0 Å². The van der Waals surface area contributed by atoms with Gasteiger partial charge in [-0.05, 0) is 52.7 Å². The second kappa shape index (κ2) is 8.49. The van der Waals surface area contributed by atoms with E-state index in [-0.39, 0.29) is 18.4 Å². The number of aromatic nitrogens is 2. The zero-order valence-electron chi connectivity index (χ0n) is 15.0. The van der Waals surface area contributed by atoms with Gasteiger partial charge in [0.25, 0.3) is 5.91 Å². The van der Waals surface area contributed by atoms with Gasteiger partial charge in [-0.1, -0.05) is 12.1 Å². The highest BCUT2D eigenvalue weighted by Crippen LogP contribution is 2.23. The molecule has 6 nitrogen and oxygen atoms in total. The van der Waals surface area contributed by atoms with E-state index in [1.54, 1.807) is 19.3 Å². The van der Waals surface area contributed by atoms with Gasteiger partial charge in [0.2, 0.25) is 5.91 Å². The summed E-state index contributed by atoms with van der Waals surface area (Å²) < 4.78 is 2.94. The highest BCUT2D eigenvalue weighted by atomic mass is 79.9. The number of nitrogens with zero attached hydrogens (tertiary/aromatic N) is 3. The number of aryl methyl sites for hydroxylation is 1. The van der Waals surface area contributed by atoms with E-state index < -0.39 is 0 Å². The minimum absolute atomic E-state index is 0.00959. The lowest BCUT2D eigenvalue weighted by molar-refractivity contribution is -0.116. The molecule has 0 atom stereocenters. The Bertz CT molecular complexity index is 949. The van der Waals surface area contributed by atoms with E-state index in [1.807, 2.05) is 43.5 Å². The molecule has 0 radical (unpaired) electrons. The number of hydrogen-bond acceptors (Lipinski definition) is 4. The van der Waals surface area contributed by atoms with E-state index in [9.17, 15) is 9.59 Å². The van der Waals surface area contributed by atoms with E-state index in [0.717, 1.165) is 21.7 Å². The Labute approximate surface area is 170 Å². The number of imidazole rings is 1. The largest absolute Gasteiger partial charge is 0.332 e. The van der Waals surface area contributed by atoms with E-state index in [4.69, 9.17) is 0 Å². The van der Waals surface area contributed by atoms with Crippen LogP contribution in [0.25, 0.3) is 0 Å². The summed E-state index contributed by atoms with van der Waals surface area (Å²) >= 11 is 4.68. The van der Waals surface area contributed by atoms with Crippen LogP contribution in [0.2, 0.25) is 0 Å². The van der Waals surface area contributed by atoms with Crippen molar-refractivity contribution in [1.82, 2.24) is 14.5 Å². The van der Waals surface area contributed by atoms with Gasteiger partial charge in [-0.3, -0.25) is 9.59 Å². The smallest absolute Gasteiger partial charge is 0.264 e. The van der Waals surface area contributed by atoms with Crippen LogP contribution in [0.4, 0.5) is 5.69 Å². The third-order valence-corrected chi connectivity index (χ3v) is 5.64. The lowest BCUT2D eigenvalue weighted by Gasteiger charge is -2.16. The number of nitrogens with one attached hydrogen (secondary N) is 1. The second-order valence-corrected chi connectivity index (χ2v) is 8.58. The molecule has 0 aliphatic rings. The number of hydrogen-bond donors (Lipinski definition) is 1. The first-order valence-corrected chi connectivity index (χ1v) is 9.90. The van der Waals surface area contributed by atoms with Crippen LogP contribution in [0.3, 0.4) is 0 Å². The van der Waals surface area contributed by atoms with E-state index in [0.29, 0.717) is 10.6 Å². The molecule has 140 valence electrons. The van der Waals surface area contributed by atoms with Crippen molar-refractivity contribution in [3.05, 3.63) is 68.8 Å². The summed E-state index contributed by atoms with van der Waals surface area (Å²) in [4.78, 5) is 30.7. The van der Waals surface area contributed by atoms with Crippen LogP contribution < -0.4 is 5.32 Å². The van der Waals surface area contributed by atoms with Crippen molar-refractivity contribution in [2.45, 2.75) is 13.5 Å². The zero-order valence-corrected chi connectivity index (χ0v) is 17.4. The maximum Gasteiger partial charge on any atom is 0.264 e. The first-order valence-electron chi connectivity index (χ1n) is 8.29. The van der Waals surface area contributed by atoms with E-state index in [1.165, 1.54) is 16.2 Å². The Morgan fingerprint density at radius 1 is 1.22 bits per heavy atom. The van der Waals surface area contributed by atoms with Gasteiger partial charge in [-0.2, -0.15) is 0 Å². The molecule has 3 aromatic rings. The summed E-state index contributed by atoms with van der Waals surface area (Å²) in [6, 6.07) is 11.2. The molecular formula is C19H19BrN4O2S. The number of halogens is 1. The average molecular weight is 447 g/mol. The monoisotopic (exact) mass is 446 g/mol. The average Bonchev–Trinajstić information content (AvgIpc) is 3.24. The highest BCUT2D eigenvalue weighted by Gasteiger charge is 2.16. The van der Waals surface area contributed by atoms with Crippen LogP contribution in [0.15, 0.2) is 52.6 Å². The van der Waals surface area contributed by atoms with Gasteiger partial charge in [0.1, 0.15) is 5.82 Å². The van der Waals surface area contributed by atoms with Gasteiger partial charge in [-0.15, -0.1) is 11.3 Å². The SMILES string of the molecule is Cc1nccn1Cc1ccc(NC(=O)CN(C)C(=O)c2ccc(Br)s2)cc1. The molecule has 27 heavy (non-hydrogen) atoms. The van der Waals surface area contributed by atoms with Crippen LogP contribution in [0.5, 0.6) is 0 Å². The molecule has 2 aromatic heterocycles. The van der Waals surface area contributed by atoms with Crippen LogP contribution in [0, 0.1) is 6.92 Å². The summed E-state index contributed by atoms with van der Waals surface area (Å²) in [5.74, 6) is 0.546. The number of amides is 2. The van der Waals surface area contributed by atoms with Crippen molar-refractivity contribution < 1.29 is 9.59 Å². The minimum Gasteiger partial charge on any atom is -0.332 e. The minimum atomic E-state index is -0.236. The second-order valence-electron chi connectivity index (χ2n) is 6.11. The Balaban J connectivity index is 1.54. The summed E-state index contributed by atoms with van der Waals surface area (Å²) in [5.41, 5.74) is 1.82. The van der Waals surface area contributed by atoms with Gasteiger partial charge in [-0.25, -0.2) is 4.98 Å². The topological polar surface area (TPSA) is 67.2 Å². The first kappa shape index (κ1) is 19.3. The van der Waals surface area contributed by atoms with Crippen molar-refractivity contribution in [2.24, 2.45) is 0 Å². The Morgan fingerprint density at radius 3 is 2.56 bits per heavy atom. The molecule has 0 aliphatic carbocycles. The van der Waals surface area contributed by atoms with Gasteiger partial charge in [0.05, 0.1) is 15.2 Å². The van der Waals surface area contributed by atoms with Crippen LogP contribution in [-0.4, -0.2) is 39.9 Å². The van der Waals surface area contributed by atoms with Crippen LogP contribution in [-0.2, 0) is 11.3 Å². The Morgan fingerprint density at radius 2 is 1.96 bits per heavy atom. The number of benzene rings is 1. The maximum atomic E-state index is 12.3. The zero-order chi connectivity index (χ0) is 19.4. The number of anilines is 1. The molecule has 0 saturated carbocycles. The van der Waals surface area contributed by atoms with E-state index in [2.05, 4.69) is 30.8 Å². The Hall–Kier alpha value is -2.45. The molecule has 0 aliphatic heterocycles. The van der Waals surface area contributed by atoms with Crippen molar-refractivity contribution >= 4 is 44.8 Å². The van der Waals surface area contributed by atoms with Gasteiger partial charge in [0.15, 0.2) is 0 Å². The molecule has 0 bridgehead atoms. The molecule has 0 unspecified atom stereocenters. The number of carbonyl (C=O) groups excluding carboxylic acids is 2. The van der Waals surface area contributed by atoms with Crippen molar-refractivity contribution in [2.75, 3.05) is 18.9 Å². The molecule has 2 heterocycles. The number of thiophene rings is 1. The summed E-state index contributed by atoms with van der Waals surface area (Å²) in [5, 5.41) is 2.82. The first-order chi connectivity index (χ1) is 12.9. The van der Waals surface area contributed by atoms with Crippen molar-refractivity contribution in [1.29, 1.82) is 0 Å². The quantitative estimate of drug-likeness (QED) is 0.626. The fraction of sp³-hybridized carbons (Fsp3) is 0.211. The summed E-state index contributed by atoms with van der Waals surface area (Å²) in [6.07, 6.45) is 3.71. The highest BCUT2D eigenvalue weighted by molar-refractivity contribution is 9.11. The molecule has 1 N–H and O–H groups in total. The molecule has 0 spiro atoms. The number of likely N-dealkylation sites (N-methyl/N-ethyl adjacent to an activating group) is 1. The standard InChI is InChI=1S/C19H19BrN4O2S/c1-13-21-9-10-24(13)11-14-3-5-15(6-4-14)22-18(25)12-23(2)19(26)16-7-8-17(20)27-16/h3-10H,11-12H2,1-2H3,(H,22,25). The van der Waals surface area contributed by atoms with Gasteiger partial charge < -0.3 is 14.8 Å². The normalized spacial score (nSPS) is 10.6. The van der Waals surface area contributed by atoms with Crippen LogP contribution >= 0.6 is 27.3 Å². The van der Waals surface area contributed by atoms with E-state index >= 15 is 0 Å². The fourth-order valence-corrected chi connectivity index (χ4v) is 3.95. The van der Waals surface area contributed by atoms with Gasteiger partial charge >= 0.3 is 0 Å². The maximum absolute atomic E-state index is 12.3. The number of carbonyl (C=O) groups is 2. The van der Waals surface area contributed by atoms with Crippen molar-refractivity contribution in [3.63, 3.8) is 0 Å². The fourth-order valence-electron chi connectivity index (χ4n) is 2.57. The molecule has 3 rings (SSSR count). The molecule has 1 aromatic carbocycles. The predicted molar refractivity (Wildman–Crippen MR) is 110 cm³/mol. The lowest BCUT2D eigenvalue weighted by atomic mass is 10.2. The molecule has 2 amide bonds. The van der Waals surface area contributed by atoms with Crippen LogP contribution in [0.1, 0.15) is 21.1 Å². The third kappa shape index (κ3) is 5.05. The number of rotatable bonds is 6. The van der Waals surface area contributed by atoms with Gasteiger partial charge in [0, 0.05) is 31.7 Å². The third-order valence-electron chi connectivity index (χ3n) is 4.03. The molecule has 0 saturated heterocycles. The Kier molecular flexibility index (Phi) is 6.08. The molecular weight excluding hydrogens is 428 g/mol. The molecule has 0 fully saturated rings. The summed E-state index contributed by atoms with van der Waals surface area (Å²) in [6.45, 7) is 2.68. The predicted octanol–water partition coefficient (Wildman–Crippen LogP) is 3.77. The summed E-state index contributed by atoms with van der Waals surface area (Å²) in [7, 11) is 1.62. The lowest BCUT2D eigenvalue weighted by Crippen LogP contribution is -2.34.